The van der Waals surface area contributed by atoms with Crippen LogP contribution in [0, 0.1) is 0 Å². The number of aromatic nitrogens is 1. The Morgan fingerprint density at radius 2 is 1.11 bits per heavy atom. The molecule has 1 aromatic heterocycles. The van der Waals surface area contributed by atoms with Crippen LogP contribution in [-0.2, 0) is 28.5 Å². The minimum absolute atomic E-state index is 0.135. The Morgan fingerprint density at radius 3 is 1.61 bits per heavy atom. The summed E-state index contributed by atoms with van der Waals surface area (Å²) in [6, 6.07) is 13.7. The second-order valence-electron chi connectivity index (χ2n) is 15.9. The van der Waals surface area contributed by atoms with Crippen molar-refractivity contribution in [1.29, 1.82) is 0 Å². The Balaban J connectivity index is 1.16. The number of fused-ring (bicyclic) bond motifs is 1. The number of amides is 2. The lowest BCUT2D eigenvalue weighted by Crippen LogP contribution is -2.47. The van der Waals surface area contributed by atoms with Gasteiger partial charge in [-0.1, -0.05) is 36.4 Å². The van der Waals surface area contributed by atoms with E-state index in [1.807, 2.05) is 26.0 Å². The van der Waals surface area contributed by atoms with Gasteiger partial charge in [0.2, 0.25) is 5.78 Å². The normalized spacial score (nSPS) is 20.1. The standard InChI is InChI=1S/C41H49N3O10/c1-24-9-19-32(43(24)38(49)53-40(3,4)5)36(47)51-22-34(45)27-13-11-26(12-14-27)28-15-17-30-29(21-28)16-18-31(42-30)35(46)23-52-37(48)33-20-10-25(2)44(33)39(50)54-41(6,7)8/h11-18,21,24-25,32-33H,9-10,19-20,22-23H2,1-8H3/t24?,25-,32?,33-/m0/s1. The average Bonchev–Trinajstić information content (AvgIpc) is 3.69. The SMILES string of the molecule is CC1CCC(C(=O)OCC(=O)c2ccc(-c3ccc4nc(C(=O)COC(=O)[C@@H]5CC[C@H](C)N5C(=O)OC(C)(C)C)ccc4c3)cc2)N1C(=O)OC(C)(C)C. The van der Waals surface area contributed by atoms with Crippen molar-refractivity contribution in [1.82, 2.24) is 14.8 Å². The van der Waals surface area contributed by atoms with E-state index in [-0.39, 0.29) is 23.6 Å². The van der Waals surface area contributed by atoms with Crippen molar-refractivity contribution in [3.05, 3.63) is 65.9 Å². The molecule has 0 saturated carbocycles. The van der Waals surface area contributed by atoms with Crippen LogP contribution in [0.4, 0.5) is 9.59 Å². The minimum Gasteiger partial charge on any atom is -0.456 e. The van der Waals surface area contributed by atoms with E-state index in [0.29, 0.717) is 36.8 Å². The Kier molecular flexibility index (Phi) is 11.8. The average molecular weight is 744 g/mol. The number of carbonyl (C=O) groups is 6. The zero-order chi connectivity index (χ0) is 39.5. The maximum atomic E-state index is 13.0. The van der Waals surface area contributed by atoms with Crippen molar-refractivity contribution >= 4 is 46.6 Å². The van der Waals surface area contributed by atoms with Gasteiger partial charge in [0, 0.05) is 23.0 Å². The highest BCUT2D eigenvalue weighted by Gasteiger charge is 2.43. The van der Waals surface area contributed by atoms with E-state index in [1.165, 1.54) is 9.80 Å². The summed E-state index contributed by atoms with van der Waals surface area (Å²) in [6.07, 6.45) is 0.887. The highest BCUT2D eigenvalue weighted by Crippen LogP contribution is 2.29. The highest BCUT2D eigenvalue weighted by atomic mass is 16.6. The van der Waals surface area contributed by atoms with Crippen LogP contribution in [0.15, 0.2) is 54.6 Å². The molecule has 3 heterocycles. The number of rotatable bonds is 9. The third-order valence-corrected chi connectivity index (χ3v) is 9.30. The lowest BCUT2D eigenvalue weighted by Gasteiger charge is -2.30. The van der Waals surface area contributed by atoms with Crippen LogP contribution in [0.5, 0.6) is 0 Å². The van der Waals surface area contributed by atoms with Crippen molar-refractivity contribution in [2.45, 2.75) is 116 Å². The van der Waals surface area contributed by atoms with Gasteiger partial charge in [0.25, 0.3) is 0 Å². The van der Waals surface area contributed by atoms with Gasteiger partial charge in [-0.05, 0) is 110 Å². The highest BCUT2D eigenvalue weighted by molar-refractivity contribution is 6.00. The first-order valence-corrected chi connectivity index (χ1v) is 18.2. The van der Waals surface area contributed by atoms with E-state index >= 15 is 0 Å². The van der Waals surface area contributed by atoms with Gasteiger partial charge in [-0.3, -0.25) is 19.4 Å². The van der Waals surface area contributed by atoms with Gasteiger partial charge in [-0.15, -0.1) is 0 Å². The number of ether oxygens (including phenoxy) is 4. The summed E-state index contributed by atoms with van der Waals surface area (Å²) in [5.74, 6) is -2.17. The number of likely N-dealkylation sites (tertiary alicyclic amines) is 2. The van der Waals surface area contributed by atoms with Crippen molar-refractivity contribution in [2.75, 3.05) is 13.2 Å². The fraction of sp³-hybridized carbons (Fsp3) is 0.488. The number of esters is 2. The summed E-state index contributed by atoms with van der Waals surface area (Å²) in [4.78, 5) is 84.5. The first-order valence-electron chi connectivity index (χ1n) is 18.2. The van der Waals surface area contributed by atoms with E-state index in [2.05, 4.69) is 4.98 Å². The molecule has 0 spiro atoms. The lowest BCUT2D eigenvalue weighted by molar-refractivity contribution is -0.148. The molecule has 13 nitrogen and oxygen atoms in total. The van der Waals surface area contributed by atoms with Gasteiger partial charge in [0.15, 0.2) is 19.0 Å². The number of hydrogen-bond donors (Lipinski definition) is 0. The van der Waals surface area contributed by atoms with Crippen LogP contribution < -0.4 is 0 Å². The molecule has 2 amide bonds. The Morgan fingerprint density at radius 1 is 0.630 bits per heavy atom. The number of ketones is 2. The Labute approximate surface area is 315 Å². The predicted molar refractivity (Wildman–Crippen MR) is 199 cm³/mol. The van der Waals surface area contributed by atoms with E-state index in [1.54, 1.807) is 84.0 Å². The molecule has 2 unspecified atom stereocenters. The molecule has 13 heteroatoms. The molecule has 3 aromatic rings. The zero-order valence-electron chi connectivity index (χ0n) is 32.2. The lowest BCUT2D eigenvalue weighted by atomic mass is 10.0. The van der Waals surface area contributed by atoms with Crippen LogP contribution in [0.1, 0.15) is 102 Å². The molecule has 54 heavy (non-hydrogen) atoms. The summed E-state index contributed by atoms with van der Waals surface area (Å²) >= 11 is 0. The van der Waals surface area contributed by atoms with Gasteiger partial charge in [0.05, 0.1) is 5.52 Å². The molecule has 2 aromatic carbocycles. The molecule has 0 N–H and O–H groups in total. The predicted octanol–water partition coefficient (Wildman–Crippen LogP) is 6.93. The van der Waals surface area contributed by atoms with Crippen LogP contribution >= 0.6 is 0 Å². The smallest absolute Gasteiger partial charge is 0.411 e. The van der Waals surface area contributed by atoms with Crippen molar-refractivity contribution < 1.29 is 47.7 Å². The summed E-state index contributed by atoms with van der Waals surface area (Å²) < 4.78 is 21.7. The maximum absolute atomic E-state index is 13.0. The number of nitrogens with zero attached hydrogens (tertiary/aromatic N) is 3. The summed E-state index contributed by atoms with van der Waals surface area (Å²) in [6.45, 7) is 13.2. The maximum Gasteiger partial charge on any atom is 0.411 e. The molecule has 4 atom stereocenters. The molecule has 2 saturated heterocycles. The Bertz CT molecular complexity index is 1930. The molecule has 2 aliphatic rings. The van der Waals surface area contributed by atoms with Crippen LogP contribution in [0.25, 0.3) is 22.0 Å². The monoisotopic (exact) mass is 743 g/mol. The molecular formula is C41H49N3O10. The second kappa shape index (κ2) is 16.0. The fourth-order valence-corrected chi connectivity index (χ4v) is 6.61. The van der Waals surface area contributed by atoms with Crippen LogP contribution in [-0.4, -0.2) is 99.1 Å². The molecular weight excluding hydrogens is 694 g/mol. The minimum atomic E-state index is -0.834. The Hall–Kier alpha value is -5.33. The van der Waals surface area contributed by atoms with Gasteiger partial charge in [-0.2, -0.15) is 0 Å². The number of Topliss-reactive ketones (excluding diaryl/α,β-unsaturated/α-hetero) is 2. The van der Waals surface area contributed by atoms with Gasteiger partial charge in [0.1, 0.15) is 29.0 Å². The third kappa shape index (κ3) is 9.61. The molecule has 288 valence electrons. The largest absolute Gasteiger partial charge is 0.456 e. The quantitative estimate of drug-likeness (QED) is 0.127. The summed E-state index contributed by atoms with van der Waals surface area (Å²) in [5.41, 5.74) is 1.30. The first kappa shape index (κ1) is 39.9. The van der Waals surface area contributed by atoms with Crippen molar-refractivity contribution in [3.8, 4) is 11.1 Å². The van der Waals surface area contributed by atoms with Crippen LogP contribution in [0.2, 0.25) is 0 Å². The molecule has 2 fully saturated rings. The molecule has 0 radical (unpaired) electrons. The number of benzene rings is 2. The van der Waals surface area contributed by atoms with E-state index in [9.17, 15) is 28.8 Å². The van der Waals surface area contributed by atoms with Gasteiger partial charge in [-0.25, -0.2) is 24.2 Å². The number of pyridine rings is 1. The zero-order valence-corrected chi connectivity index (χ0v) is 32.2. The molecule has 5 rings (SSSR count). The molecule has 0 bridgehead atoms. The fourth-order valence-electron chi connectivity index (χ4n) is 6.61. The van der Waals surface area contributed by atoms with E-state index in [0.717, 1.165) is 16.5 Å². The summed E-state index contributed by atoms with van der Waals surface area (Å²) in [5, 5.41) is 0.766. The molecule has 0 aliphatic carbocycles. The topological polar surface area (TPSA) is 159 Å². The first-order chi connectivity index (χ1) is 25.3. The summed E-state index contributed by atoms with van der Waals surface area (Å²) in [7, 11) is 0. The van der Waals surface area contributed by atoms with Gasteiger partial charge < -0.3 is 18.9 Å². The van der Waals surface area contributed by atoms with E-state index in [4.69, 9.17) is 18.9 Å². The van der Waals surface area contributed by atoms with Crippen molar-refractivity contribution in [3.63, 3.8) is 0 Å². The molecule has 2 aliphatic heterocycles. The van der Waals surface area contributed by atoms with Crippen molar-refractivity contribution in [2.24, 2.45) is 0 Å². The number of carbonyl (C=O) groups excluding carboxylic acids is 6. The third-order valence-electron chi connectivity index (χ3n) is 9.30. The number of hydrogen-bond acceptors (Lipinski definition) is 11. The second-order valence-corrected chi connectivity index (χ2v) is 15.9. The van der Waals surface area contributed by atoms with E-state index < -0.39 is 66.4 Å². The van der Waals surface area contributed by atoms with Crippen LogP contribution in [0.3, 0.4) is 0 Å². The van der Waals surface area contributed by atoms with Gasteiger partial charge >= 0.3 is 24.1 Å².